The van der Waals surface area contributed by atoms with Crippen molar-refractivity contribution in [3.63, 3.8) is 0 Å². The number of methoxy groups -OCH3 is 1. The van der Waals surface area contributed by atoms with E-state index in [4.69, 9.17) is 9.47 Å². The molecule has 1 aliphatic carbocycles. The Labute approximate surface area is 165 Å². The molecular weight excluding hydrogens is 354 g/mol. The van der Waals surface area contributed by atoms with E-state index in [0.29, 0.717) is 12.0 Å². The van der Waals surface area contributed by atoms with Crippen LogP contribution in [0.1, 0.15) is 47.6 Å². The number of nitrogens with zero attached hydrogens (tertiary/aromatic N) is 1. The van der Waals surface area contributed by atoms with Gasteiger partial charge in [0, 0.05) is 23.2 Å². The first-order valence-corrected chi connectivity index (χ1v) is 10.5. The molecule has 140 valence electrons. The van der Waals surface area contributed by atoms with E-state index in [9.17, 15) is 0 Å². The first-order valence-electron chi connectivity index (χ1n) is 9.60. The van der Waals surface area contributed by atoms with Gasteiger partial charge in [0.1, 0.15) is 0 Å². The van der Waals surface area contributed by atoms with Crippen LogP contribution in [-0.4, -0.2) is 18.2 Å². The van der Waals surface area contributed by atoms with E-state index in [1.54, 1.807) is 18.4 Å². The van der Waals surface area contributed by atoms with Crippen LogP contribution in [-0.2, 0) is 6.42 Å². The number of aromatic nitrogens is 1. The quantitative estimate of drug-likeness (QED) is 0.516. The summed E-state index contributed by atoms with van der Waals surface area (Å²) >= 11 is 1.81. The average molecular weight is 380 g/mol. The highest BCUT2D eigenvalue weighted by Gasteiger charge is 2.21. The highest BCUT2D eigenvalue weighted by molar-refractivity contribution is 7.10. The summed E-state index contributed by atoms with van der Waals surface area (Å²) in [5, 5.41) is 2.15. The van der Waals surface area contributed by atoms with Gasteiger partial charge < -0.3 is 9.47 Å². The van der Waals surface area contributed by atoms with Crippen LogP contribution in [0.25, 0.3) is 0 Å². The van der Waals surface area contributed by atoms with Crippen LogP contribution < -0.4 is 9.47 Å². The summed E-state index contributed by atoms with van der Waals surface area (Å²) in [7, 11) is 1.71. The number of hydrogen-bond acceptors (Lipinski definition) is 4. The van der Waals surface area contributed by atoms with E-state index >= 15 is 0 Å². The Kier molecular flexibility index (Phi) is 5.73. The van der Waals surface area contributed by atoms with Gasteiger partial charge in [-0.25, -0.2) is 0 Å². The van der Waals surface area contributed by atoms with Crippen molar-refractivity contribution in [3.05, 3.63) is 76.2 Å². The predicted molar refractivity (Wildman–Crippen MR) is 110 cm³/mol. The van der Waals surface area contributed by atoms with Gasteiger partial charge in [0.2, 0.25) is 0 Å². The first kappa shape index (κ1) is 18.1. The standard InChI is InChI=1S/C23H25NO2S/c1-25-21-9-8-18(16-22(21)26-19-5-2-3-6-19)20(23-7-4-14-27-23)15-17-10-12-24-13-11-17/h4,7-14,16,19-20H,2-3,5-6,15H2,1H3. The summed E-state index contributed by atoms with van der Waals surface area (Å²) in [6.45, 7) is 0. The van der Waals surface area contributed by atoms with Gasteiger partial charge in [-0.2, -0.15) is 0 Å². The van der Waals surface area contributed by atoms with Crippen LogP contribution >= 0.6 is 11.3 Å². The van der Waals surface area contributed by atoms with Crippen molar-refractivity contribution in [1.29, 1.82) is 0 Å². The largest absolute Gasteiger partial charge is 0.493 e. The Bertz CT molecular complexity index is 842. The molecule has 3 aromatic rings. The van der Waals surface area contributed by atoms with E-state index in [-0.39, 0.29) is 0 Å². The molecule has 0 N–H and O–H groups in total. The van der Waals surface area contributed by atoms with Crippen LogP contribution in [0, 0.1) is 0 Å². The molecule has 4 rings (SSSR count). The van der Waals surface area contributed by atoms with Crippen LogP contribution in [0.2, 0.25) is 0 Å². The molecule has 0 spiro atoms. The van der Waals surface area contributed by atoms with E-state index in [0.717, 1.165) is 30.8 Å². The van der Waals surface area contributed by atoms with Gasteiger partial charge in [-0.3, -0.25) is 4.98 Å². The number of benzene rings is 1. The Balaban J connectivity index is 1.66. The Morgan fingerprint density at radius 1 is 1.07 bits per heavy atom. The molecule has 27 heavy (non-hydrogen) atoms. The fourth-order valence-corrected chi connectivity index (χ4v) is 4.67. The third-order valence-electron chi connectivity index (χ3n) is 5.26. The minimum Gasteiger partial charge on any atom is -0.493 e. The molecule has 1 fully saturated rings. The minimum absolute atomic E-state index is 0.296. The van der Waals surface area contributed by atoms with Gasteiger partial charge in [-0.05, 0) is 78.9 Å². The highest BCUT2D eigenvalue weighted by Crippen LogP contribution is 2.38. The average Bonchev–Trinajstić information content (AvgIpc) is 3.41. The van der Waals surface area contributed by atoms with Crippen molar-refractivity contribution in [2.24, 2.45) is 0 Å². The Morgan fingerprint density at radius 2 is 1.89 bits per heavy atom. The van der Waals surface area contributed by atoms with Crippen LogP contribution in [0.3, 0.4) is 0 Å². The van der Waals surface area contributed by atoms with E-state index in [1.165, 1.54) is 28.8 Å². The summed E-state index contributed by atoms with van der Waals surface area (Å²) < 4.78 is 11.9. The molecule has 3 nitrogen and oxygen atoms in total. The lowest BCUT2D eigenvalue weighted by atomic mass is 9.90. The van der Waals surface area contributed by atoms with Crippen molar-refractivity contribution in [2.75, 3.05) is 7.11 Å². The lowest BCUT2D eigenvalue weighted by Gasteiger charge is -2.20. The second kappa shape index (κ2) is 8.57. The van der Waals surface area contributed by atoms with Gasteiger partial charge in [-0.15, -0.1) is 11.3 Å². The van der Waals surface area contributed by atoms with E-state index in [2.05, 4.69) is 46.8 Å². The van der Waals surface area contributed by atoms with Crippen molar-refractivity contribution in [2.45, 2.75) is 44.1 Å². The molecule has 0 saturated heterocycles. The molecule has 1 unspecified atom stereocenters. The Morgan fingerprint density at radius 3 is 2.59 bits per heavy atom. The molecule has 2 heterocycles. The van der Waals surface area contributed by atoms with Crippen molar-refractivity contribution < 1.29 is 9.47 Å². The molecule has 1 saturated carbocycles. The molecule has 0 amide bonds. The first-order chi connectivity index (χ1) is 13.3. The minimum atomic E-state index is 0.296. The maximum absolute atomic E-state index is 6.32. The third kappa shape index (κ3) is 4.33. The summed E-state index contributed by atoms with van der Waals surface area (Å²) in [5.41, 5.74) is 2.56. The zero-order valence-electron chi connectivity index (χ0n) is 15.6. The summed E-state index contributed by atoms with van der Waals surface area (Å²) in [4.78, 5) is 5.51. The van der Waals surface area contributed by atoms with Crippen LogP contribution in [0.4, 0.5) is 0 Å². The molecule has 1 atom stereocenters. The zero-order valence-corrected chi connectivity index (χ0v) is 16.5. The lowest BCUT2D eigenvalue weighted by Crippen LogP contribution is -2.12. The zero-order chi connectivity index (χ0) is 18.5. The van der Waals surface area contributed by atoms with E-state index < -0.39 is 0 Å². The van der Waals surface area contributed by atoms with Gasteiger partial charge in [0.15, 0.2) is 11.5 Å². The lowest BCUT2D eigenvalue weighted by molar-refractivity contribution is 0.200. The summed E-state index contributed by atoms with van der Waals surface area (Å²) in [6, 6.07) is 14.9. The number of pyridine rings is 1. The van der Waals surface area contributed by atoms with Crippen LogP contribution in [0.5, 0.6) is 11.5 Å². The number of hydrogen-bond donors (Lipinski definition) is 0. The van der Waals surface area contributed by atoms with Gasteiger partial charge in [-0.1, -0.05) is 12.1 Å². The second-order valence-corrected chi connectivity index (χ2v) is 8.04. The number of rotatable bonds is 7. The molecule has 1 aromatic carbocycles. The SMILES string of the molecule is COc1ccc(C(Cc2ccncc2)c2cccs2)cc1OC1CCCC1. The fourth-order valence-electron chi connectivity index (χ4n) is 3.81. The molecule has 1 aliphatic rings. The van der Waals surface area contributed by atoms with Crippen molar-refractivity contribution >= 4 is 11.3 Å². The number of thiophene rings is 1. The third-order valence-corrected chi connectivity index (χ3v) is 6.25. The second-order valence-electron chi connectivity index (χ2n) is 7.06. The highest BCUT2D eigenvalue weighted by atomic mass is 32.1. The fraction of sp³-hybridized carbons (Fsp3) is 0.348. The van der Waals surface area contributed by atoms with Gasteiger partial charge >= 0.3 is 0 Å². The van der Waals surface area contributed by atoms with Crippen molar-refractivity contribution in [3.8, 4) is 11.5 Å². The normalized spacial score (nSPS) is 15.6. The molecule has 0 bridgehead atoms. The number of ether oxygens (including phenoxy) is 2. The maximum Gasteiger partial charge on any atom is 0.161 e. The monoisotopic (exact) mass is 379 g/mol. The molecule has 4 heteroatoms. The molecule has 0 aliphatic heterocycles. The van der Waals surface area contributed by atoms with Crippen molar-refractivity contribution in [1.82, 2.24) is 4.98 Å². The van der Waals surface area contributed by atoms with E-state index in [1.807, 2.05) is 18.5 Å². The molecule has 0 radical (unpaired) electrons. The van der Waals surface area contributed by atoms with Crippen LogP contribution in [0.15, 0.2) is 60.2 Å². The molecular formula is C23H25NO2S. The summed E-state index contributed by atoms with van der Waals surface area (Å²) in [6.07, 6.45) is 9.77. The smallest absolute Gasteiger partial charge is 0.161 e. The van der Waals surface area contributed by atoms with Gasteiger partial charge in [0.25, 0.3) is 0 Å². The maximum atomic E-state index is 6.32. The van der Waals surface area contributed by atoms with Gasteiger partial charge in [0.05, 0.1) is 13.2 Å². The predicted octanol–water partition coefficient (Wildman–Crippen LogP) is 5.85. The molecule has 2 aromatic heterocycles. The Hall–Kier alpha value is -2.33. The summed E-state index contributed by atoms with van der Waals surface area (Å²) in [5.74, 6) is 1.99. The topological polar surface area (TPSA) is 31.4 Å².